The zero-order chi connectivity index (χ0) is 12.4. The number of epoxide rings is 1. The molecule has 3 atom stereocenters. The summed E-state index contributed by atoms with van der Waals surface area (Å²) in [5.74, 6) is -0.751. The molecular weight excluding hydrogens is 222 g/mol. The van der Waals surface area contributed by atoms with Gasteiger partial charge in [-0.1, -0.05) is 6.08 Å². The van der Waals surface area contributed by atoms with Crippen LogP contribution in [0.25, 0.3) is 0 Å². The molecule has 1 heterocycles. The standard InChI is InChI=1S/C12H17NO4/c1-7(14)13-11-3-2-8(12(15)16)4-9(11)5-10-6-17-10/h2,9-11H,3-6H2,1H3,(H,13,14)(H,15,16)/t9-,10?,11?/m1/s1. The molecule has 0 saturated carbocycles. The van der Waals surface area contributed by atoms with Gasteiger partial charge in [-0.05, 0) is 25.2 Å². The number of carbonyl (C=O) groups is 2. The normalized spacial score (nSPS) is 31.6. The van der Waals surface area contributed by atoms with Crippen LogP contribution in [0.2, 0.25) is 0 Å². The average Bonchev–Trinajstić information content (AvgIpc) is 3.03. The summed E-state index contributed by atoms with van der Waals surface area (Å²) in [4.78, 5) is 22.0. The van der Waals surface area contributed by atoms with Crippen LogP contribution in [0.15, 0.2) is 11.6 Å². The van der Waals surface area contributed by atoms with Gasteiger partial charge in [-0.3, -0.25) is 4.79 Å². The van der Waals surface area contributed by atoms with Gasteiger partial charge < -0.3 is 15.2 Å². The SMILES string of the molecule is CC(=O)NC1CC=C(C(=O)O)C[C@@H]1CC1CO1. The molecule has 0 radical (unpaired) electrons. The lowest BCUT2D eigenvalue weighted by Gasteiger charge is -2.30. The summed E-state index contributed by atoms with van der Waals surface area (Å²) in [5, 5.41) is 11.9. The van der Waals surface area contributed by atoms with Crippen molar-refractivity contribution in [1.82, 2.24) is 5.32 Å². The number of nitrogens with one attached hydrogen (secondary N) is 1. The number of aliphatic carboxylic acids is 1. The highest BCUT2D eigenvalue weighted by molar-refractivity contribution is 5.86. The Morgan fingerprint density at radius 2 is 2.29 bits per heavy atom. The molecule has 2 aliphatic rings. The van der Waals surface area contributed by atoms with Gasteiger partial charge in [0.15, 0.2) is 0 Å². The third-order valence-corrected chi connectivity index (χ3v) is 3.30. The van der Waals surface area contributed by atoms with E-state index in [0.717, 1.165) is 13.0 Å². The number of amides is 1. The van der Waals surface area contributed by atoms with Crippen molar-refractivity contribution in [2.75, 3.05) is 6.61 Å². The minimum atomic E-state index is -0.854. The zero-order valence-corrected chi connectivity index (χ0v) is 9.81. The van der Waals surface area contributed by atoms with Gasteiger partial charge in [0.1, 0.15) is 0 Å². The highest BCUT2D eigenvalue weighted by atomic mass is 16.6. The topological polar surface area (TPSA) is 78.9 Å². The summed E-state index contributed by atoms with van der Waals surface area (Å²) in [6, 6.07) is 0.0415. The Kier molecular flexibility index (Phi) is 3.47. The molecule has 0 bridgehead atoms. The van der Waals surface area contributed by atoms with Crippen molar-refractivity contribution in [1.29, 1.82) is 0 Å². The first kappa shape index (κ1) is 12.1. The number of ether oxygens (including phenoxy) is 1. The predicted molar refractivity (Wildman–Crippen MR) is 60.4 cm³/mol. The third kappa shape index (κ3) is 3.30. The Morgan fingerprint density at radius 1 is 1.59 bits per heavy atom. The van der Waals surface area contributed by atoms with Gasteiger partial charge in [-0.25, -0.2) is 4.79 Å². The summed E-state index contributed by atoms with van der Waals surface area (Å²) in [7, 11) is 0. The Hall–Kier alpha value is -1.36. The number of rotatable bonds is 4. The zero-order valence-electron chi connectivity index (χ0n) is 9.81. The molecule has 5 nitrogen and oxygen atoms in total. The first-order chi connectivity index (χ1) is 8.06. The first-order valence-electron chi connectivity index (χ1n) is 5.87. The molecule has 94 valence electrons. The van der Waals surface area contributed by atoms with Gasteiger partial charge in [0.2, 0.25) is 5.91 Å². The van der Waals surface area contributed by atoms with E-state index in [1.54, 1.807) is 6.08 Å². The molecule has 0 aromatic rings. The molecular formula is C12H17NO4. The van der Waals surface area contributed by atoms with E-state index in [1.807, 2.05) is 0 Å². The molecule has 1 amide bonds. The maximum Gasteiger partial charge on any atom is 0.331 e. The second kappa shape index (κ2) is 4.87. The van der Waals surface area contributed by atoms with Crippen molar-refractivity contribution in [3.63, 3.8) is 0 Å². The van der Waals surface area contributed by atoms with Gasteiger partial charge in [-0.2, -0.15) is 0 Å². The largest absolute Gasteiger partial charge is 0.478 e. The number of carboxylic acids is 1. The van der Waals surface area contributed by atoms with Crippen molar-refractivity contribution in [3.8, 4) is 0 Å². The van der Waals surface area contributed by atoms with Crippen molar-refractivity contribution >= 4 is 11.9 Å². The van der Waals surface area contributed by atoms with Gasteiger partial charge in [0.05, 0.1) is 12.7 Å². The van der Waals surface area contributed by atoms with E-state index >= 15 is 0 Å². The summed E-state index contributed by atoms with van der Waals surface area (Å²) in [5.41, 5.74) is 0.456. The van der Waals surface area contributed by atoms with Crippen LogP contribution in [-0.2, 0) is 14.3 Å². The van der Waals surface area contributed by atoms with Gasteiger partial charge in [-0.15, -0.1) is 0 Å². The van der Waals surface area contributed by atoms with Gasteiger partial charge >= 0.3 is 5.97 Å². The van der Waals surface area contributed by atoms with E-state index < -0.39 is 5.97 Å². The van der Waals surface area contributed by atoms with E-state index in [0.29, 0.717) is 18.4 Å². The Bertz CT molecular complexity index is 360. The molecule has 0 aromatic heterocycles. The summed E-state index contributed by atoms with van der Waals surface area (Å²) >= 11 is 0. The maximum absolute atomic E-state index is 11.1. The number of hydrogen-bond donors (Lipinski definition) is 2. The molecule has 1 aliphatic carbocycles. The minimum Gasteiger partial charge on any atom is -0.478 e. The number of carbonyl (C=O) groups excluding carboxylic acids is 1. The summed E-state index contributed by atoms with van der Waals surface area (Å²) < 4.78 is 5.18. The summed E-state index contributed by atoms with van der Waals surface area (Å²) in [6.07, 6.45) is 3.91. The molecule has 2 N–H and O–H groups in total. The molecule has 0 spiro atoms. The summed E-state index contributed by atoms with van der Waals surface area (Å²) in [6.45, 7) is 2.25. The van der Waals surface area contributed by atoms with Crippen molar-refractivity contribution < 1.29 is 19.4 Å². The van der Waals surface area contributed by atoms with Crippen molar-refractivity contribution in [2.24, 2.45) is 5.92 Å². The second-order valence-electron chi connectivity index (χ2n) is 4.73. The van der Waals surface area contributed by atoms with Crippen LogP contribution in [-0.4, -0.2) is 35.7 Å². The lowest BCUT2D eigenvalue weighted by atomic mass is 9.81. The molecule has 0 aromatic carbocycles. The molecule has 1 fully saturated rings. The molecule has 2 unspecified atom stereocenters. The highest BCUT2D eigenvalue weighted by Crippen LogP contribution is 2.32. The number of carboxylic acid groups (broad SMARTS) is 1. The Labute approximate surface area is 99.8 Å². The molecule has 2 rings (SSSR count). The van der Waals surface area contributed by atoms with Crippen LogP contribution >= 0.6 is 0 Å². The fourth-order valence-corrected chi connectivity index (χ4v) is 2.37. The van der Waals surface area contributed by atoms with Gasteiger partial charge in [0, 0.05) is 18.5 Å². The van der Waals surface area contributed by atoms with Gasteiger partial charge in [0.25, 0.3) is 0 Å². The lowest BCUT2D eigenvalue weighted by Crippen LogP contribution is -2.41. The first-order valence-corrected chi connectivity index (χ1v) is 5.87. The fourth-order valence-electron chi connectivity index (χ4n) is 2.37. The van der Waals surface area contributed by atoms with E-state index in [9.17, 15) is 9.59 Å². The van der Waals surface area contributed by atoms with Crippen LogP contribution < -0.4 is 5.32 Å². The number of hydrogen-bond acceptors (Lipinski definition) is 3. The van der Waals surface area contributed by atoms with Crippen LogP contribution in [0, 0.1) is 5.92 Å². The molecule has 1 saturated heterocycles. The van der Waals surface area contributed by atoms with E-state index in [1.165, 1.54) is 6.92 Å². The lowest BCUT2D eigenvalue weighted by molar-refractivity contribution is -0.133. The molecule has 5 heteroatoms. The van der Waals surface area contributed by atoms with Crippen LogP contribution in [0.3, 0.4) is 0 Å². The Morgan fingerprint density at radius 3 is 2.82 bits per heavy atom. The van der Waals surface area contributed by atoms with Crippen molar-refractivity contribution in [2.45, 2.75) is 38.3 Å². The Balaban J connectivity index is 2.02. The van der Waals surface area contributed by atoms with Crippen LogP contribution in [0.1, 0.15) is 26.2 Å². The van der Waals surface area contributed by atoms with Crippen LogP contribution in [0.4, 0.5) is 0 Å². The van der Waals surface area contributed by atoms with Crippen molar-refractivity contribution in [3.05, 3.63) is 11.6 Å². The highest BCUT2D eigenvalue weighted by Gasteiger charge is 2.34. The average molecular weight is 239 g/mol. The predicted octanol–water partition coefficient (Wildman–Crippen LogP) is 0.701. The van der Waals surface area contributed by atoms with E-state index in [-0.39, 0.29) is 24.0 Å². The van der Waals surface area contributed by atoms with Crippen LogP contribution in [0.5, 0.6) is 0 Å². The second-order valence-corrected chi connectivity index (χ2v) is 4.73. The molecule has 17 heavy (non-hydrogen) atoms. The maximum atomic E-state index is 11.1. The minimum absolute atomic E-state index is 0.0415. The fraction of sp³-hybridized carbons (Fsp3) is 0.667. The monoisotopic (exact) mass is 239 g/mol. The smallest absolute Gasteiger partial charge is 0.331 e. The van der Waals surface area contributed by atoms with E-state index in [2.05, 4.69) is 5.32 Å². The quantitative estimate of drug-likeness (QED) is 0.708. The molecule has 1 aliphatic heterocycles. The van der Waals surface area contributed by atoms with E-state index in [4.69, 9.17) is 9.84 Å². The third-order valence-electron chi connectivity index (χ3n) is 3.30.